The highest BCUT2D eigenvalue weighted by atomic mass is 32.1. The SMILES string of the molecule is NC(=S)c1nccnc1-n1ccnc1. The van der Waals surface area contributed by atoms with Gasteiger partial charge < -0.3 is 5.73 Å². The minimum atomic E-state index is 0.224. The van der Waals surface area contributed by atoms with Crippen molar-refractivity contribution in [2.45, 2.75) is 0 Å². The van der Waals surface area contributed by atoms with Crippen LogP contribution in [-0.2, 0) is 0 Å². The maximum atomic E-state index is 5.52. The Morgan fingerprint density at radius 1 is 1.29 bits per heavy atom. The van der Waals surface area contributed by atoms with E-state index in [1.54, 1.807) is 35.7 Å². The van der Waals surface area contributed by atoms with Gasteiger partial charge in [0.25, 0.3) is 0 Å². The number of nitrogens with zero attached hydrogens (tertiary/aromatic N) is 4. The summed E-state index contributed by atoms with van der Waals surface area (Å²) in [6.45, 7) is 0. The van der Waals surface area contributed by atoms with Crippen LogP contribution in [0.2, 0.25) is 0 Å². The van der Waals surface area contributed by atoms with Crippen LogP contribution in [0.5, 0.6) is 0 Å². The van der Waals surface area contributed by atoms with Gasteiger partial charge in [0.05, 0.1) is 0 Å². The molecule has 6 heteroatoms. The summed E-state index contributed by atoms with van der Waals surface area (Å²) in [5.74, 6) is 0.595. The third kappa shape index (κ3) is 1.47. The molecule has 14 heavy (non-hydrogen) atoms. The van der Waals surface area contributed by atoms with E-state index in [2.05, 4.69) is 15.0 Å². The molecule has 0 amide bonds. The summed E-state index contributed by atoms with van der Waals surface area (Å²) in [7, 11) is 0. The molecule has 0 bridgehead atoms. The molecule has 0 aromatic carbocycles. The molecule has 5 nitrogen and oxygen atoms in total. The molecule has 0 aliphatic rings. The highest BCUT2D eigenvalue weighted by molar-refractivity contribution is 7.80. The highest BCUT2D eigenvalue weighted by Crippen LogP contribution is 2.07. The molecule has 2 N–H and O–H groups in total. The largest absolute Gasteiger partial charge is 0.388 e. The van der Waals surface area contributed by atoms with Crippen LogP contribution in [0.4, 0.5) is 0 Å². The van der Waals surface area contributed by atoms with Crippen LogP contribution in [0.3, 0.4) is 0 Å². The van der Waals surface area contributed by atoms with Gasteiger partial charge in [-0.1, -0.05) is 12.2 Å². The van der Waals surface area contributed by atoms with Gasteiger partial charge in [-0.2, -0.15) is 0 Å². The van der Waals surface area contributed by atoms with Gasteiger partial charge in [0, 0.05) is 24.8 Å². The van der Waals surface area contributed by atoms with Gasteiger partial charge >= 0.3 is 0 Å². The molecular formula is C8H7N5S. The fraction of sp³-hybridized carbons (Fsp3) is 0. The Kier molecular flexibility index (Phi) is 2.19. The summed E-state index contributed by atoms with van der Waals surface area (Å²) >= 11 is 4.87. The minimum Gasteiger partial charge on any atom is -0.388 e. The second kappa shape index (κ2) is 3.51. The first-order chi connectivity index (χ1) is 6.79. The van der Waals surface area contributed by atoms with Crippen molar-refractivity contribution in [3.05, 3.63) is 36.8 Å². The molecule has 0 aliphatic carbocycles. The van der Waals surface area contributed by atoms with Crippen molar-refractivity contribution in [2.75, 3.05) is 0 Å². The number of nitrogens with two attached hydrogens (primary N) is 1. The number of rotatable bonds is 2. The van der Waals surface area contributed by atoms with E-state index in [1.807, 2.05) is 0 Å². The normalized spacial score (nSPS) is 10.0. The molecule has 0 radical (unpaired) electrons. The van der Waals surface area contributed by atoms with Gasteiger partial charge in [-0.25, -0.2) is 15.0 Å². The Labute approximate surface area is 85.6 Å². The van der Waals surface area contributed by atoms with Crippen molar-refractivity contribution in [1.82, 2.24) is 19.5 Å². The zero-order chi connectivity index (χ0) is 9.97. The van der Waals surface area contributed by atoms with E-state index in [1.165, 1.54) is 0 Å². The van der Waals surface area contributed by atoms with Crippen LogP contribution >= 0.6 is 12.2 Å². The lowest BCUT2D eigenvalue weighted by molar-refractivity contribution is 0.963. The Bertz CT molecular complexity index is 451. The second-order valence-corrected chi connectivity index (χ2v) is 3.00. The van der Waals surface area contributed by atoms with Crippen LogP contribution in [0, 0.1) is 0 Å². The number of aromatic nitrogens is 4. The third-order valence-electron chi connectivity index (χ3n) is 1.66. The Morgan fingerprint density at radius 2 is 2.07 bits per heavy atom. The number of thiocarbonyl (C=S) groups is 1. The van der Waals surface area contributed by atoms with E-state index < -0.39 is 0 Å². The quantitative estimate of drug-likeness (QED) is 0.714. The first-order valence-electron chi connectivity index (χ1n) is 3.88. The summed E-state index contributed by atoms with van der Waals surface area (Å²) in [6.07, 6.45) is 8.15. The summed E-state index contributed by atoms with van der Waals surface area (Å²) in [5, 5.41) is 0. The molecule has 2 rings (SSSR count). The zero-order valence-corrected chi connectivity index (χ0v) is 7.98. The molecule has 0 saturated carbocycles. The molecule has 2 aromatic heterocycles. The summed E-state index contributed by atoms with van der Waals surface area (Å²) in [6, 6.07) is 0. The number of hydrogen-bond acceptors (Lipinski definition) is 4. The first kappa shape index (κ1) is 8.76. The van der Waals surface area contributed by atoms with Gasteiger partial charge in [-0.15, -0.1) is 0 Å². The Balaban J connectivity index is 2.58. The van der Waals surface area contributed by atoms with Gasteiger partial charge in [-0.3, -0.25) is 4.57 Å². The zero-order valence-electron chi connectivity index (χ0n) is 7.16. The average molecular weight is 205 g/mol. The van der Waals surface area contributed by atoms with E-state index in [9.17, 15) is 0 Å². The van der Waals surface area contributed by atoms with E-state index in [-0.39, 0.29) is 4.99 Å². The fourth-order valence-corrected chi connectivity index (χ4v) is 1.22. The van der Waals surface area contributed by atoms with Crippen molar-refractivity contribution < 1.29 is 0 Å². The van der Waals surface area contributed by atoms with E-state index >= 15 is 0 Å². The molecule has 0 unspecified atom stereocenters. The number of imidazole rings is 1. The van der Waals surface area contributed by atoms with Gasteiger partial charge in [0.2, 0.25) is 0 Å². The van der Waals surface area contributed by atoms with Crippen LogP contribution in [-0.4, -0.2) is 24.5 Å². The van der Waals surface area contributed by atoms with E-state index in [4.69, 9.17) is 18.0 Å². The minimum absolute atomic E-state index is 0.224. The molecule has 0 spiro atoms. The van der Waals surface area contributed by atoms with Crippen LogP contribution in [0.1, 0.15) is 5.69 Å². The van der Waals surface area contributed by atoms with E-state index in [0.717, 1.165) is 0 Å². The Hall–Kier alpha value is -1.82. The maximum absolute atomic E-state index is 5.52. The van der Waals surface area contributed by atoms with Gasteiger partial charge in [-0.05, 0) is 0 Å². The van der Waals surface area contributed by atoms with Crippen LogP contribution in [0.15, 0.2) is 31.1 Å². The van der Waals surface area contributed by atoms with Crippen molar-refractivity contribution in [1.29, 1.82) is 0 Å². The lowest BCUT2D eigenvalue weighted by Crippen LogP contribution is -2.16. The third-order valence-corrected chi connectivity index (χ3v) is 1.85. The standard InChI is InChI=1S/C8H7N5S/c9-7(14)6-8(12-2-1-11-6)13-4-3-10-5-13/h1-5H,(H2,9,14). The average Bonchev–Trinajstić information content (AvgIpc) is 2.70. The molecule has 0 fully saturated rings. The van der Waals surface area contributed by atoms with Gasteiger partial charge in [0.1, 0.15) is 17.0 Å². The van der Waals surface area contributed by atoms with Crippen molar-refractivity contribution in [3.8, 4) is 5.82 Å². The predicted octanol–water partition coefficient (Wildman–Crippen LogP) is 0.297. The summed E-state index contributed by atoms with van der Waals surface area (Å²) in [5.41, 5.74) is 6.02. The van der Waals surface area contributed by atoms with Crippen molar-refractivity contribution in [3.63, 3.8) is 0 Å². The van der Waals surface area contributed by atoms with Crippen molar-refractivity contribution in [2.24, 2.45) is 5.73 Å². The molecule has 0 atom stereocenters. The number of hydrogen-bond donors (Lipinski definition) is 1. The fourth-order valence-electron chi connectivity index (χ4n) is 1.08. The second-order valence-electron chi connectivity index (χ2n) is 2.56. The molecule has 2 aromatic rings. The molecule has 0 aliphatic heterocycles. The monoisotopic (exact) mass is 205 g/mol. The first-order valence-corrected chi connectivity index (χ1v) is 4.29. The smallest absolute Gasteiger partial charge is 0.167 e. The van der Waals surface area contributed by atoms with Crippen LogP contribution < -0.4 is 5.73 Å². The maximum Gasteiger partial charge on any atom is 0.167 e. The van der Waals surface area contributed by atoms with Crippen LogP contribution in [0.25, 0.3) is 5.82 Å². The molecular weight excluding hydrogens is 198 g/mol. The van der Waals surface area contributed by atoms with Crippen molar-refractivity contribution >= 4 is 17.2 Å². The lowest BCUT2D eigenvalue weighted by Gasteiger charge is -2.04. The van der Waals surface area contributed by atoms with E-state index in [0.29, 0.717) is 11.5 Å². The van der Waals surface area contributed by atoms with Gasteiger partial charge in [0.15, 0.2) is 5.82 Å². The summed E-state index contributed by atoms with van der Waals surface area (Å²) < 4.78 is 1.71. The lowest BCUT2D eigenvalue weighted by atomic mass is 10.4. The molecule has 70 valence electrons. The summed E-state index contributed by atoms with van der Waals surface area (Å²) in [4.78, 5) is 12.3. The predicted molar refractivity (Wildman–Crippen MR) is 55.0 cm³/mol. The highest BCUT2D eigenvalue weighted by Gasteiger charge is 2.08. The molecule has 2 heterocycles. The topological polar surface area (TPSA) is 69.6 Å². The Morgan fingerprint density at radius 3 is 2.71 bits per heavy atom. The molecule has 0 saturated heterocycles.